The number of allylic oxidation sites excluding steroid dienone is 1. The maximum absolute atomic E-state index is 11.9. The smallest absolute Gasteiger partial charge is 0.165 e. The minimum Gasteiger partial charge on any atom is -0.495 e. The van der Waals surface area contributed by atoms with Crippen molar-refractivity contribution in [3.63, 3.8) is 0 Å². The summed E-state index contributed by atoms with van der Waals surface area (Å²) in [6.45, 7) is 11.6. The molecule has 0 aliphatic carbocycles. The number of aromatic nitrogens is 3. The molecule has 9 nitrogen and oxygen atoms in total. The van der Waals surface area contributed by atoms with Crippen molar-refractivity contribution in [2.24, 2.45) is 11.3 Å². The topological polar surface area (TPSA) is 107 Å². The van der Waals surface area contributed by atoms with Crippen molar-refractivity contribution in [3.8, 4) is 22.9 Å². The molecule has 4 rings (SSSR count). The molecule has 0 unspecified atom stereocenters. The molecule has 2 atom stereocenters. The van der Waals surface area contributed by atoms with Crippen LogP contribution in [0.4, 0.5) is 11.6 Å². The van der Waals surface area contributed by atoms with Gasteiger partial charge in [-0.3, -0.25) is 4.79 Å². The van der Waals surface area contributed by atoms with Gasteiger partial charge in [-0.25, -0.2) is 15.0 Å². The van der Waals surface area contributed by atoms with Crippen LogP contribution in [-0.4, -0.2) is 60.8 Å². The normalized spacial score (nSPS) is 17.2. The van der Waals surface area contributed by atoms with E-state index in [2.05, 4.69) is 43.0 Å². The Morgan fingerprint density at radius 1 is 1.15 bits per heavy atom. The highest BCUT2D eigenvalue weighted by atomic mass is 35.5. The maximum atomic E-state index is 11.9. The second-order valence-corrected chi connectivity index (χ2v) is 11.4. The summed E-state index contributed by atoms with van der Waals surface area (Å²) in [4.78, 5) is 26.1. The van der Waals surface area contributed by atoms with Gasteiger partial charge in [0.1, 0.15) is 23.1 Å². The minimum absolute atomic E-state index is 0.00939. The summed E-state index contributed by atoms with van der Waals surface area (Å²) < 4.78 is 16.5. The van der Waals surface area contributed by atoms with Gasteiger partial charge in [0.25, 0.3) is 0 Å². The third-order valence-corrected chi connectivity index (χ3v) is 7.14. The fourth-order valence-electron chi connectivity index (χ4n) is 4.28. The molecule has 2 N–H and O–H groups in total. The van der Waals surface area contributed by atoms with Gasteiger partial charge in [0, 0.05) is 30.3 Å². The molecule has 1 fully saturated rings. The van der Waals surface area contributed by atoms with Gasteiger partial charge in [-0.2, -0.15) is 0 Å². The Hall–Kier alpha value is -3.14. The van der Waals surface area contributed by atoms with Gasteiger partial charge < -0.3 is 24.8 Å². The van der Waals surface area contributed by atoms with Crippen LogP contribution in [0.15, 0.2) is 31.0 Å². The SMILES string of the molecule is C=CC(=O)C[C@H]1COC[C@H]1Nc1cc2c(NCC(C)(C)C)nc(-c3c(Cl)c(OC)cc(OC)c3Cl)nc2cn1. The van der Waals surface area contributed by atoms with Crippen molar-refractivity contribution in [1.29, 1.82) is 0 Å². The standard InChI is InChI=1S/C28H33Cl2N5O4/c1-7-16(36)8-15-12-39-13-19(15)33-22-9-17-18(11-31-22)34-27(35-26(17)32-14-28(2,3)4)23-24(29)20(37-5)10-21(38-6)25(23)30/h7,9-11,15,19H,1,8,12-14H2,2-6H3,(H,31,33)(H,32,34,35)/t15-,19+/m0/s1. The van der Waals surface area contributed by atoms with Gasteiger partial charge in [-0.05, 0) is 17.6 Å². The first-order valence-electron chi connectivity index (χ1n) is 12.6. The van der Waals surface area contributed by atoms with E-state index in [1.807, 2.05) is 6.07 Å². The molecule has 1 aliphatic heterocycles. The third-order valence-electron chi connectivity index (χ3n) is 6.39. The number of halogens is 2. The molecule has 0 bridgehead atoms. The largest absolute Gasteiger partial charge is 0.495 e. The summed E-state index contributed by atoms with van der Waals surface area (Å²) in [5.41, 5.74) is 0.971. The van der Waals surface area contributed by atoms with Gasteiger partial charge in [-0.15, -0.1) is 0 Å². The van der Waals surface area contributed by atoms with Crippen LogP contribution >= 0.6 is 23.2 Å². The lowest BCUT2D eigenvalue weighted by Crippen LogP contribution is -2.29. The number of hydrogen-bond acceptors (Lipinski definition) is 9. The highest BCUT2D eigenvalue weighted by molar-refractivity contribution is 6.41. The van der Waals surface area contributed by atoms with E-state index < -0.39 is 0 Å². The number of ketones is 1. The number of ether oxygens (including phenoxy) is 3. The molecule has 39 heavy (non-hydrogen) atoms. The first-order valence-corrected chi connectivity index (χ1v) is 13.3. The van der Waals surface area contributed by atoms with Crippen molar-refractivity contribution in [2.75, 3.05) is 44.6 Å². The van der Waals surface area contributed by atoms with Crippen molar-refractivity contribution >= 4 is 51.5 Å². The number of methoxy groups -OCH3 is 2. The molecule has 1 saturated heterocycles. The molecule has 0 saturated carbocycles. The zero-order valence-corrected chi connectivity index (χ0v) is 24.2. The number of carbonyl (C=O) groups excluding carboxylic acids is 1. The number of nitrogens with zero attached hydrogens (tertiary/aromatic N) is 3. The van der Waals surface area contributed by atoms with Crippen molar-refractivity contribution in [3.05, 3.63) is 41.0 Å². The quantitative estimate of drug-likeness (QED) is 0.280. The molecule has 0 radical (unpaired) electrons. The van der Waals surface area contributed by atoms with E-state index in [1.165, 1.54) is 20.3 Å². The van der Waals surface area contributed by atoms with Crippen molar-refractivity contribution in [1.82, 2.24) is 15.0 Å². The predicted octanol–water partition coefficient (Wildman–Crippen LogP) is 6.05. The molecule has 1 aliphatic rings. The number of pyridine rings is 1. The van der Waals surface area contributed by atoms with Crippen molar-refractivity contribution in [2.45, 2.75) is 33.2 Å². The molecule has 3 heterocycles. The second-order valence-electron chi connectivity index (χ2n) is 10.6. The highest BCUT2D eigenvalue weighted by Crippen LogP contribution is 2.45. The lowest BCUT2D eigenvalue weighted by molar-refractivity contribution is -0.115. The van der Waals surface area contributed by atoms with Crippen LogP contribution in [0.5, 0.6) is 11.5 Å². The van der Waals surface area contributed by atoms with Crippen LogP contribution in [0, 0.1) is 11.3 Å². The Balaban J connectivity index is 1.78. The van der Waals surface area contributed by atoms with Crippen LogP contribution < -0.4 is 20.1 Å². The number of anilines is 2. The summed E-state index contributed by atoms with van der Waals surface area (Å²) in [6.07, 6.45) is 3.39. The monoisotopic (exact) mass is 573 g/mol. The third kappa shape index (κ3) is 6.54. The van der Waals surface area contributed by atoms with E-state index in [0.717, 1.165) is 5.39 Å². The average Bonchev–Trinajstić information content (AvgIpc) is 3.33. The maximum Gasteiger partial charge on any atom is 0.165 e. The number of carbonyl (C=O) groups is 1. The first-order chi connectivity index (χ1) is 18.5. The Bertz CT molecular complexity index is 1360. The van der Waals surface area contributed by atoms with Crippen LogP contribution in [0.25, 0.3) is 22.3 Å². The Morgan fingerprint density at radius 2 is 1.85 bits per heavy atom. The van der Waals surface area contributed by atoms with E-state index in [0.29, 0.717) is 66.2 Å². The summed E-state index contributed by atoms with van der Waals surface area (Å²) in [7, 11) is 3.03. The molecular formula is C28H33Cl2N5O4. The zero-order chi connectivity index (χ0) is 28.3. The highest BCUT2D eigenvalue weighted by Gasteiger charge is 2.30. The van der Waals surface area contributed by atoms with Crippen LogP contribution in [0.3, 0.4) is 0 Å². The van der Waals surface area contributed by atoms with Gasteiger partial charge in [0.05, 0.1) is 60.8 Å². The summed E-state index contributed by atoms with van der Waals surface area (Å²) in [6, 6.07) is 3.45. The molecule has 0 spiro atoms. The number of fused-ring (bicyclic) bond motifs is 1. The second kappa shape index (κ2) is 11.9. The van der Waals surface area contributed by atoms with Gasteiger partial charge >= 0.3 is 0 Å². The number of rotatable bonds is 10. The van der Waals surface area contributed by atoms with E-state index in [1.54, 1.807) is 12.3 Å². The van der Waals surface area contributed by atoms with Gasteiger partial charge in [0.15, 0.2) is 11.6 Å². The average molecular weight is 575 g/mol. The van der Waals surface area contributed by atoms with E-state index in [9.17, 15) is 4.79 Å². The minimum atomic E-state index is -0.0631. The fourth-order valence-corrected chi connectivity index (χ4v) is 4.95. The van der Waals surface area contributed by atoms with Crippen LogP contribution in [0.2, 0.25) is 10.0 Å². The van der Waals surface area contributed by atoms with Crippen LogP contribution in [0.1, 0.15) is 27.2 Å². The molecule has 0 amide bonds. The molecule has 1 aromatic carbocycles. The Morgan fingerprint density at radius 3 is 2.46 bits per heavy atom. The van der Waals surface area contributed by atoms with E-state index >= 15 is 0 Å². The zero-order valence-electron chi connectivity index (χ0n) is 22.7. The van der Waals surface area contributed by atoms with Crippen LogP contribution in [-0.2, 0) is 9.53 Å². The number of nitrogens with one attached hydrogen (secondary N) is 2. The lowest BCUT2D eigenvalue weighted by Gasteiger charge is -2.22. The number of hydrogen-bond donors (Lipinski definition) is 2. The molecular weight excluding hydrogens is 541 g/mol. The Labute approximate surface area is 238 Å². The molecule has 208 valence electrons. The number of benzene rings is 1. The summed E-state index contributed by atoms with van der Waals surface area (Å²) in [5.74, 6) is 2.33. The Kier molecular flexibility index (Phi) is 8.83. The molecule has 2 aromatic heterocycles. The lowest BCUT2D eigenvalue weighted by atomic mass is 9.97. The summed E-state index contributed by atoms with van der Waals surface area (Å²) >= 11 is 13.4. The van der Waals surface area contributed by atoms with E-state index in [4.69, 9.17) is 47.4 Å². The molecule has 11 heteroatoms. The first kappa shape index (κ1) is 28.9. The molecule has 3 aromatic rings. The van der Waals surface area contributed by atoms with Gasteiger partial charge in [0.2, 0.25) is 0 Å². The fraction of sp³-hybridized carbons (Fsp3) is 0.429. The summed E-state index contributed by atoms with van der Waals surface area (Å²) in [5, 5.41) is 8.20. The van der Waals surface area contributed by atoms with E-state index in [-0.39, 0.29) is 33.2 Å². The predicted molar refractivity (Wildman–Crippen MR) is 155 cm³/mol. The van der Waals surface area contributed by atoms with Crippen molar-refractivity contribution < 1.29 is 19.0 Å². The van der Waals surface area contributed by atoms with Gasteiger partial charge in [-0.1, -0.05) is 50.6 Å².